The Morgan fingerprint density at radius 3 is 2.58 bits per heavy atom. The van der Waals surface area contributed by atoms with Gasteiger partial charge in [-0.3, -0.25) is 0 Å². The molecule has 0 spiro atoms. The summed E-state index contributed by atoms with van der Waals surface area (Å²) >= 11 is 0. The van der Waals surface area contributed by atoms with Crippen LogP contribution in [0, 0.1) is 11.8 Å². The van der Waals surface area contributed by atoms with E-state index >= 15 is 0 Å². The molecule has 1 fully saturated rings. The lowest BCUT2D eigenvalue weighted by Crippen LogP contribution is -2.40. The predicted octanol–water partition coefficient (Wildman–Crippen LogP) is 4.33. The molecule has 0 amide bonds. The molecule has 1 aliphatic heterocycles. The zero-order valence-corrected chi connectivity index (χ0v) is 22.5. The highest BCUT2D eigenvalue weighted by atomic mass is 19.4. The van der Waals surface area contributed by atoms with Gasteiger partial charge in [0, 0.05) is 36.7 Å². The number of anilines is 2. The van der Waals surface area contributed by atoms with E-state index in [9.17, 15) is 18.0 Å². The zero-order chi connectivity index (χ0) is 28.7. The lowest BCUT2D eigenvalue weighted by molar-refractivity contribution is -0.140. The van der Waals surface area contributed by atoms with E-state index in [2.05, 4.69) is 27.4 Å². The molecular formula is C29H33F3N4O4. The first kappa shape index (κ1) is 29.1. The van der Waals surface area contributed by atoms with E-state index in [-0.39, 0.29) is 24.9 Å². The molecule has 8 nitrogen and oxygen atoms in total. The fraction of sp³-hybridized carbons (Fsp3) is 0.414. The molecule has 0 bridgehead atoms. The number of nitrogens with one attached hydrogen (secondary N) is 2. The number of piperidine rings is 1. The van der Waals surface area contributed by atoms with Crippen molar-refractivity contribution in [1.82, 2.24) is 9.47 Å². The summed E-state index contributed by atoms with van der Waals surface area (Å²) in [5.41, 5.74) is 2.40. The number of nitrogens with zero attached hydrogens (tertiary/aromatic N) is 2. The third-order valence-corrected chi connectivity index (χ3v) is 6.85. The van der Waals surface area contributed by atoms with E-state index in [4.69, 9.17) is 14.6 Å². The third kappa shape index (κ3) is 7.20. The summed E-state index contributed by atoms with van der Waals surface area (Å²) in [5, 5.41) is 16.5. The summed E-state index contributed by atoms with van der Waals surface area (Å²) in [7, 11) is 2.75. The zero-order valence-electron chi connectivity index (χ0n) is 22.5. The number of halogens is 3. The minimum Gasteiger partial charge on any atom is -0.495 e. The third-order valence-electron chi connectivity index (χ3n) is 6.85. The van der Waals surface area contributed by atoms with Crippen LogP contribution in [0.1, 0.15) is 28.9 Å². The normalized spacial score (nSPS) is 14.4. The summed E-state index contributed by atoms with van der Waals surface area (Å²) in [6, 6.07) is 12.0. The monoisotopic (exact) mass is 558 g/mol. The minimum atomic E-state index is -4.42. The van der Waals surface area contributed by atoms with Crippen LogP contribution < -0.4 is 15.4 Å². The van der Waals surface area contributed by atoms with Gasteiger partial charge in [-0.25, -0.2) is 4.79 Å². The number of carbonyl (C=O) groups excluding carboxylic acids is 1. The van der Waals surface area contributed by atoms with Gasteiger partial charge >= 0.3 is 12.1 Å². The van der Waals surface area contributed by atoms with Gasteiger partial charge in [0.1, 0.15) is 12.3 Å². The Morgan fingerprint density at radius 1 is 1.12 bits per heavy atom. The molecule has 0 atom stereocenters. The van der Waals surface area contributed by atoms with Crippen LogP contribution in [-0.4, -0.2) is 79.8 Å². The maximum atomic E-state index is 13.5. The first-order valence-corrected chi connectivity index (χ1v) is 13.0. The molecule has 1 saturated heterocycles. The summed E-state index contributed by atoms with van der Waals surface area (Å²) in [4.78, 5) is 14.0. The van der Waals surface area contributed by atoms with E-state index in [1.54, 1.807) is 30.3 Å². The topological polar surface area (TPSA) is 88.0 Å². The number of hydrogen-bond donors (Lipinski definition) is 3. The average Bonchev–Trinajstić information content (AvgIpc) is 3.28. The number of benzene rings is 2. The highest BCUT2D eigenvalue weighted by Gasteiger charge is 2.30. The smallest absolute Gasteiger partial charge is 0.406 e. The maximum absolute atomic E-state index is 13.5. The van der Waals surface area contributed by atoms with Crippen LogP contribution in [0.4, 0.5) is 24.5 Å². The van der Waals surface area contributed by atoms with E-state index in [0.717, 1.165) is 31.6 Å². The molecule has 11 heteroatoms. The number of fused-ring (bicyclic) bond motifs is 1. The van der Waals surface area contributed by atoms with Gasteiger partial charge in [-0.2, -0.15) is 13.2 Å². The Morgan fingerprint density at radius 2 is 1.90 bits per heavy atom. The number of ether oxygens (including phenoxy) is 2. The Hall–Kier alpha value is -3.88. The number of hydrogen-bond acceptors (Lipinski definition) is 7. The molecule has 2 aromatic carbocycles. The van der Waals surface area contributed by atoms with Crippen molar-refractivity contribution in [3.63, 3.8) is 0 Å². The summed E-state index contributed by atoms with van der Waals surface area (Å²) < 4.78 is 51.9. The van der Waals surface area contributed by atoms with Crippen LogP contribution in [-0.2, 0) is 11.3 Å². The standard InChI is InChI=1S/C29H33F3N4O4/c1-39-27-17-20(28(38)40-2)8-9-25(27)33-12-4-5-22-18-23-24(34-21-10-13-35(14-11-21)15-16-37)6-3-7-26(23)36(22)19-29(30,31)32/h3,6-9,17-18,21,33-34,37H,10-16,19H2,1-2H3. The van der Waals surface area contributed by atoms with Crippen molar-refractivity contribution in [3.05, 3.63) is 53.7 Å². The molecule has 2 heterocycles. The number of β-amino-alcohol motifs (C(OH)–C–C–N with tert-alkyl or cyclic N) is 1. The van der Waals surface area contributed by atoms with Gasteiger partial charge in [0.05, 0.1) is 49.8 Å². The van der Waals surface area contributed by atoms with Gasteiger partial charge in [0.15, 0.2) is 0 Å². The maximum Gasteiger partial charge on any atom is 0.406 e. The highest BCUT2D eigenvalue weighted by molar-refractivity contribution is 5.94. The molecule has 4 rings (SSSR count). The van der Waals surface area contributed by atoms with Crippen molar-refractivity contribution in [1.29, 1.82) is 0 Å². The lowest BCUT2D eigenvalue weighted by Gasteiger charge is -2.32. The van der Waals surface area contributed by atoms with Gasteiger partial charge < -0.3 is 34.7 Å². The second kappa shape index (κ2) is 13.0. The number of rotatable bonds is 9. The first-order chi connectivity index (χ1) is 19.2. The van der Waals surface area contributed by atoms with Gasteiger partial charge in [-0.05, 0) is 55.2 Å². The molecule has 3 N–H and O–H groups in total. The average molecular weight is 559 g/mol. The Labute approximate surface area is 231 Å². The van der Waals surface area contributed by atoms with E-state index in [1.165, 1.54) is 24.9 Å². The number of carbonyl (C=O) groups is 1. The van der Waals surface area contributed by atoms with Crippen LogP contribution in [0.15, 0.2) is 42.5 Å². The predicted molar refractivity (Wildman–Crippen MR) is 148 cm³/mol. The van der Waals surface area contributed by atoms with E-state index in [1.807, 2.05) is 6.07 Å². The van der Waals surface area contributed by atoms with Crippen LogP contribution in [0.3, 0.4) is 0 Å². The molecule has 0 aliphatic carbocycles. The first-order valence-electron chi connectivity index (χ1n) is 13.0. The summed E-state index contributed by atoms with van der Waals surface area (Å²) in [5.74, 6) is 5.73. The minimum absolute atomic E-state index is 0.124. The highest BCUT2D eigenvalue weighted by Crippen LogP contribution is 2.31. The Bertz CT molecular complexity index is 1390. The largest absolute Gasteiger partial charge is 0.495 e. The fourth-order valence-corrected chi connectivity index (χ4v) is 4.88. The van der Waals surface area contributed by atoms with Crippen molar-refractivity contribution in [2.75, 3.05) is 57.6 Å². The molecule has 1 aromatic heterocycles. The number of aliphatic hydroxyl groups is 1. The Kier molecular flexibility index (Phi) is 9.45. The number of methoxy groups -OCH3 is 2. The van der Waals surface area contributed by atoms with Crippen molar-refractivity contribution < 1.29 is 32.5 Å². The summed E-state index contributed by atoms with van der Waals surface area (Å²) in [6.45, 7) is 1.45. The van der Waals surface area contributed by atoms with Crippen molar-refractivity contribution >= 4 is 28.2 Å². The second-order valence-electron chi connectivity index (χ2n) is 9.52. The molecule has 0 unspecified atom stereocenters. The fourth-order valence-electron chi connectivity index (χ4n) is 4.88. The molecule has 214 valence electrons. The lowest BCUT2D eigenvalue weighted by atomic mass is 10.0. The van der Waals surface area contributed by atoms with Crippen molar-refractivity contribution in [2.45, 2.75) is 31.6 Å². The molecule has 40 heavy (non-hydrogen) atoms. The Balaban J connectivity index is 1.55. The van der Waals surface area contributed by atoms with Crippen LogP contribution in [0.5, 0.6) is 5.75 Å². The molecule has 1 aliphatic rings. The van der Waals surface area contributed by atoms with E-state index < -0.39 is 18.7 Å². The van der Waals surface area contributed by atoms with Crippen LogP contribution in [0.2, 0.25) is 0 Å². The number of aromatic nitrogens is 1. The molecule has 0 saturated carbocycles. The molecule has 3 aromatic rings. The number of likely N-dealkylation sites (tertiary alicyclic amines) is 1. The van der Waals surface area contributed by atoms with Crippen molar-refractivity contribution in [3.8, 4) is 17.6 Å². The van der Waals surface area contributed by atoms with Crippen LogP contribution in [0.25, 0.3) is 10.9 Å². The summed E-state index contributed by atoms with van der Waals surface area (Å²) in [6.07, 6.45) is -2.66. The van der Waals surface area contributed by atoms with Crippen LogP contribution >= 0.6 is 0 Å². The number of alkyl halides is 3. The molecule has 0 radical (unpaired) electrons. The number of aliphatic hydroxyl groups excluding tert-OH is 1. The van der Waals surface area contributed by atoms with Gasteiger partial charge in [-0.15, -0.1) is 0 Å². The SMILES string of the molecule is COC(=O)c1ccc(NCC#Cc2cc3c(NC4CCN(CCO)CC4)cccc3n2CC(F)(F)F)c(OC)c1. The second-order valence-corrected chi connectivity index (χ2v) is 9.52. The van der Waals surface area contributed by atoms with E-state index in [0.29, 0.717) is 34.4 Å². The van der Waals surface area contributed by atoms with Gasteiger partial charge in [-0.1, -0.05) is 12.0 Å². The van der Waals surface area contributed by atoms with Gasteiger partial charge in [0.2, 0.25) is 0 Å². The molecular weight excluding hydrogens is 525 g/mol. The quantitative estimate of drug-likeness (QED) is 0.266. The number of esters is 1. The van der Waals surface area contributed by atoms with Crippen molar-refractivity contribution in [2.24, 2.45) is 0 Å². The van der Waals surface area contributed by atoms with Gasteiger partial charge in [0.25, 0.3) is 0 Å².